The van der Waals surface area contributed by atoms with Crippen LogP contribution in [0.5, 0.6) is 0 Å². The third kappa shape index (κ3) is 3.35. The lowest BCUT2D eigenvalue weighted by Gasteiger charge is -2.08. The average molecular weight is 313 g/mol. The Kier molecular flexibility index (Phi) is 4.29. The number of nitrogens with zero attached hydrogens (tertiary/aromatic N) is 2. The summed E-state index contributed by atoms with van der Waals surface area (Å²) in [6, 6.07) is 9.18. The number of urea groups is 1. The van der Waals surface area contributed by atoms with Gasteiger partial charge in [0, 0.05) is 43.7 Å². The Labute approximate surface area is 133 Å². The molecule has 2 heterocycles. The maximum Gasteiger partial charge on any atom is 0.324 e. The van der Waals surface area contributed by atoms with Crippen molar-refractivity contribution < 1.29 is 9.53 Å². The highest BCUT2D eigenvalue weighted by atomic mass is 16.5. The second kappa shape index (κ2) is 6.53. The van der Waals surface area contributed by atoms with Gasteiger partial charge in [-0.2, -0.15) is 5.10 Å². The summed E-state index contributed by atoms with van der Waals surface area (Å²) in [6.45, 7) is 0.595. The molecule has 0 bridgehead atoms. The maximum atomic E-state index is 12.2. The molecule has 0 spiro atoms. The normalized spacial score (nSPS) is 10.9. The van der Waals surface area contributed by atoms with Crippen LogP contribution in [0.15, 0.2) is 36.5 Å². The van der Waals surface area contributed by atoms with Gasteiger partial charge in [0.25, 0.3) is 0 Å². The molecule has 0 atom stereocenters. The predicted octanol–water partition coefficient (Wildman–Crippen LogP) is 2.73. The molecule has 0 aliphatic heterocycles. The van der Waals surface area contributed by atoms with E-state index >= 15 is 0 Å². The van der Waals surface area contributed by atoms with Gasteiger partial charge in [-0.25, -0.2) is 4.79 Å². The molecule has 0 radical (unpaired) electrons. The van der Waals surface area contributed by atoms with Crippen LogP contribution >= 0.6 is 0 Å². The second-order valence-corrected chi connectivity index (χ2v) is 5.21. The number of benzene rings is 1. The van der Waals surface area contributed by atoms with Crippen LogP contribution in [0.4, 0.5) is 16.3 Å². The molecule has 0 aliphatic rings. The number of aromatic nitrogens is 3. The number of fused-ring (bicyclic) bond motifs is 1. The Morgan fingerprint density at radius 3 is 3.04 bits per heavy atom. The summed E-state index contributed by atoms with van der Waals surface area (Å²) < 4.78 is 6.68. The Morgan fingerprint density at radius 2 is 2.22 bits per heavy atom. The molecule has 2 aromatic heterocycles. The number of carbonyl (C=O) groups excluding carboxylic acids is 1. The lowest BCUT2D eigenvalue weighted by Crippen LogP contribution is -2.21. The summed E-state index contributed by atoms with van der Waals surface area (Å²) in [5.41, 5.74) is 2.60. The van der Waals surface area contributed by atoms with Crippen LogP contribution in [0.25, 0.3) is 10.9 Å². The van der Waals surface area contributed by atoms with E-state index in [9.17, 15) is 4.79 Å². The van der Waals surface area contributed by atoms with E-state index in [1.165, 1.54) is 0 Å². The van der Waals surface area contributed by atoms with Gasteiger partial charge in [-0.1, -0.05) is 6.07 Å². The molecule has 120 valence electrons. The molecule has 3 aromatic rings. The number of ether oxygens (including phenoxy) is 1. The first-order valence-corrected chi connectivity index (χ1v) is 7.33. The Morgan fingerprint density at radius 1 is 1.35 bits per heavy atom. The maximum absolute atomic E-state index is 12.2. The molecular formula is C16H19N5O2. The minimum atomic E-state index is -0.306. The third-order valence-corrected chi connectivity index (χ3v) is 3.58. The summed E-state index contributed by atoms with van der Waals surface area (Å²) >= 11 is 0. The third-order valence-electron chi connectivity index (χ3n) is 3.58. The second-order valence-electron chi connectivity index (χ2n) is 5.21. The largest absolute Gasteiger partial charge is 0.384 e. The fourth-order valence-corrected chi connectivity index (χ4v) is 2.44. The number of aryl methyl sites for hydroxylation is 1. The van der Waals surface area contributed by atoms with Gasteiger partial charge in [0.2, 0.25) is 0 Å². The topological polar surface area (TPSA) is 84.0 Å². The summed E-state index contributed by atoms with van der Waals surface area (Å²) in [4.78, 5) is 15.3. The quantitative estimate of drug-likeness (QED) is 0.677. The fourth-order valence-electron chi connectivity index (χ4n) is 2.44. The van der Waals surface area contributed by atoms with Crippen LogP contribution in [0, 0.1) is 0 Å². The van der Waals surface area contributed by atoms with Gasteiger partial charge in [0.1, 0.15) is 5.82 Å². The van der Waals surface area contributed by atoms with Gasteiger partial charge in [0.05, 0.1) is 18.0 Å². The van der Waals surface area contributed by atoms with Crippen molar-refractivity contribution in [2.45, 2.75) is 6.42 Å². The van der Waals surface area contributed by atoms with E-state index in [-0.39, 0.29) is 6.03 Å². The van der Waals surface area contributed by atoms with E-state index in [0.717, 1.165) is 22.3 Å². The van der Waals surface area contributed by atoms with Crippen LogP contribution < -0.4 is 10.6 Å². The zero-order chi connectivity index (χ0) is 16.2. The number of anilines is 2. The van der Waals surface area contributed by atoms with E-state index in [4.69, 9.17) is 4.74 Å². The van der Waals surface area contributed by atoms with Crippen molar-refractivity contribution in [2.75, 3.05) is 24.4 Å². The Hall–Kier alpha value is -2.80. The number of methoxy groups -OCH3 is 1. The number of rotatable bonds is 5. The zero-order valence-electron chi connectivity index (χ0n) is 13.1. The Bertz CT molecular complexity index is 821. The minimum absolute atomic E-state index is 0.306. The zero-order valence-corrected chi connectivity index (χ0v) is 13.1. The molecule has 0 saturated heterocycles. The van der Waals surface area contributed by atoms with Crippen LogP contribution in [-0.4, -0.2) is 34.5 Å². The number of hydrogen-bond acceptors (Lipinski definition) is 3. The van der Waals surface area contributed by atoms with E-state index in [0.29, 0.717) is 18.8 Å². The first-order valence-electron chi connectivity index (χ1n) is 7.33. The molecule has 3 N–H and O–H groups in total. The van der Waals surface area contributed by atoms with Crippen LogP contribution in [-0.2, 0) is 18.2 Å². The van der Waals surface area contributed by atoms with Crippen LogP contribution in [0.3, 0.4) is 0 Å². The molecule has 23 heavy (non-hydrogen) atoms. The molecule has 0 unspecified atom stereocenters. The summed E-state index contributed by atoms with van der Waals surface area (Å²) in [5.74, 6) is 0.634. The highest BCUT2D eigenvalue weighted by Gasteiger charge is 2.10. The highest BCUT2D eigenvalue weighted by Crippen LogP contribution is 2.22. The van der Waals surface area contributed by atoms with Crippen LogP contribution in [0.2, 0.25) is 0 Å². The number of aromatic amines is 1. The monoisotopic (exact) mass is 313 g/mol. The molecule has 0 fully saturated rings. The number of hydrogen-bond donors (Lipinski definition) is 3. The first-order chi connectivity index (χ1) is 11.2. The molecule has 2 amide bonds. The summed E-state index contributed by atoms with van der Waals surface area (Å²) in [7, 11) is 3.44. The number of H-pyrrole nitrogens is 1. The smallest absolute Gasteiger partial charge is 0.324 e. The highest BCUT2D eigenvalue weighted by molar-refractivity contribution is 6.05. The lowest BCUT2D eigenvalue weighted by atomic mass is 10.2. The van der Waals surface area contributed by atoms with Gasteiger partial charge in [0.15, 0.2) is 0 Å². The Balaban J connectivity index is 1.70. The molecule has 3 rings (SSSR count). The van der Waals surface area contributed by atoms with Gasteiger partial charge >= 0.3 is 6.03 Å². The first kappa shape index (κ1) is 15.1. The van der Waals surface area contributed by atoms with Gasteiger partial charge in [-0.3, -0.25) is 10.00 Å². The molecule has 7 nitrogen and oxygen atoms in total. The standard InChI is InChI=1S/C16H19N5O2/c1-21-15(10-11(20-21)7-9-23-2)19-16(22)18-14-5-3-4-13-12(14)6-8-17-13/h3-6,8,10,17H,7,9H2,1-2H3,(H2,18,19,22). The summed E-state index contributed by atoms with van der Waals surface area (Å²) in [5, 5.41) is 11.0. The van der Waals surface area contributed by atoms with Crippen molar-refractivity contribution in [1.82, 2.24) is 14.8 Å². The van der Waals surface area contributed by atoms with Gasteiger partial charge in [-0.05, 0) is 18.2 Å². The van der Waals surface area contributed by atoms with Crippen molar-refractivity contribution in [3.8, 4) is 0 Å². The fraction of sp³-hybridized carbons (Fsp3) is 0.250. The minimum Gasteiger partial charge on any atom is -0.384 e. The van der Waals surface area contributed by atoms with E-state index in [1.807, 2.05) is 36.5 Å². The van der Waals surface area contributed by atoms with Gasteiger partial charge < -0.3 is 15.0 Å². The van der Waals surface area contributed by atoms with Gasteiger partial charge in [-0.15, -0.1) is 0 Å². The number of carbonyl (C=O) groups is 1. The van der Waals surface area contributed by atoms with Crippen molar-refractivity contribution in [1.29, 1.82) is 0 Å². The van der Waals surface area contributed by atoms with E-state index in [2.05, 4.69) is 20.7 Å². The predicted molar refractivity (Wildman–Crippen MR) is 89.7 cm³/mol. The molecule has 0 saturated carbocycles. The van der Waals surface area contributed by atoms with Crippen molar-refractivity contribution in [2.24, 2.45) is 7.05 Å². The SMILES string of the molecule is COCCc1cc(NC(=O)Nc2cccc3[nH]ccc23)n(C)n1. The molecule has 7 heteroatoms. The van der Waals surface area contributed by atoms with E-state index in [1.54, 1.807) is 18.8 Å². The number of nitrogens with one attached hydrogen (secondary N) is 3. The molecule has 1 aromatic carbocycles. The molecule has 0 aliphatic carbocycles. The van der Waals surface area contributed by atoms with Crippen molar-refractivity contribution in [3.63, 3.8) is 0 Å². The lowest BCUT2D eigenvalue weighted by molar-refractivity contribution is 0.201. The summed E-state index contributed by atoms with van der Waals surface area (Å²) in [6.07, 6.45) is 2.55. The molecular weight excluding hydrogens is 294 g/mol. The van der Waals surface area contributed by atoms with Crippen LogP contribution in [0.1, 0.15) is 5.69 Å². The van der Waals surface area contributed by atoms with Crippen molar-refractivity contribution in [3.05, 3.63) is 42.2 Å². The number of amides is 2. The van der Waals surface area contributed by atoms with E-state index < -0.39 is 0 Å². The van der Waals surface area contributed by atoms with Crippen molar-refractivity contribution >= 4 is 28.4 Å². The average Bonchev–Trinajstić information content (AvgIpc) is 3.13.